The van der Waals surface area contributed by atoms with Gasteiger partial charge in [-0.3, -0.25) is 14.2 Å². The van der Waals surface area contributed by atoms with Crippen LogP contribution in [0.25, 0.3) is 10.9 Å². The van der Waals surface area contributed by atoms with Crippen molar-refractivity contribution in [3.05, 3.63) is 45.7 Å². The molecule has 2 aliphatic rings. The second-order valence-electron chi connectivity index (χ2n) is 10.1. The van der Waals surface area contributed by atoms with Gasteiger partial charge < -0.3 is 14.7 Å². The van der Waals surface area contributed by atoms with Crippen LogP contribution in [0, 0.1) is 13.8 Å². The van der Waals surface area contributed by atoms with Gasteiger partial charge in [0.05, 0.1) is 30.0 Å². The van der Waals surface area contributed by atoms with Crippen LogP contribution in [0.15, 0.2) is 29.1 Å². The Kier molecular flexibility index (Phi) is 6.39. The fourth-order valence-electron chi connectivity index (χ4n) is 5.17. The first-order valence-electron chi connectivity index (χ1n) is 11.5. The molecule has 1 aromatic carbocycles. The number of sulfonamides is 1. The lowest BCUT2D eigenvalue weighted by molar-refractivity contribution is -0.190. The number of piperidine rings is 1. The molecule has 2 N–H and O–H groups in total. The van der Waals surface area contributed by atoms with E-state index in [2.05, 4.69) is 4.72 Å². The summed E-state index contributed by atoms with van der Waals surface area (Å²) in [7, 11) is -3.50. The third-order valence-electron chi connectivity index (χ3n) is 7.21. The molecule has 0 aliphatic carbocycles. The van der Waals surface area contributed by atoms with Crippen molar-refractivity contribution < 1.29 is 23.1 Å². The van der Waals surface area contributed by atoms with Crippen molar-refractivity contribution in [1.82, 2.24) is 14.2 Å². The highest BCUT2D eigenvalue weighted by atomic mass is 32.2. The lowest BCUT2D eigenvalue weighted by Gasteiger charge is -2.50. The van der Waals surface area contributed by atoms with Gasteiger partial charge in [-0.1, -0.05) is 18.2 Å². The van der Waals surface area contributed by atoms with Crippen LogP contribution in [0.3, 0.4) is 0 Å². The van der Waals surface area contributed by atoms with Crippen molar-refractivity contribution >= 4 is 26.8 Å². The molecular formula is C24H33N3O6S. The number of rotatable bonds is 4. The monoisotopic (exact) mass is 491 g/mol. The molecule has 2 fully saturated rings. The number of pyridine rings is 1. The summed E-state index contributed by atoms with van der Waals surface area (Å²) in [6.45, 7) is 6.23. The Morgan fingerprint density at radius 2 is 1.91 bits per heavy atom. The summed E-state index contributed by atoms with van der Waals surface area (Å²) < 4.78 is 33.7. The molecule has 1 amide bonds. The van der Waals surface area contributed by atoms with Crippen LogP contribution in [0.5, 0.6) is 0 Å². The first-order chi connectivity index (χ1) is 15.8. The number of aromatic nitrogens is 1. The highest BCUT2D eigenvalue weighted by molar-refractivity contribution is 7.88. The minimum atomic E-state index is -3.50. The molecule has 2 saturated heterocycles. The summed E-state index contributed by atoms with van der Waals surface area (Å²) in [6, 6.07) is 6.73. The lowest BCUT2D eigenvalue weighted by atomic mass is 9.78. The highest BCUT2D eigenvalue weighted by Crippen LogP contribution is 2.38. The van der Waals surface area contributed by atoms with E-state index in [4.69, 9.17) is 4.74 Å². The van der Waals surface area contributed by atoms with Crippen molar-refractivity contribution in [2.24, 2.45) is 0 Å². The van der Waals surface area contributed by atoms with E-state index in [-0.39, 0.29) is 24.6 Å². The normalized spacial score (nSPS) is 25.1. The molecule has 0 radical (unpaired) electrons. The number of hydrogen-bond donors (Lipinski definition) is 2. The van der Waals surface area contributed by atoms with E-state index >= 15 is 0 Å². The molecule has 0 bridgehead atoms. The number of aliphatic hydroxyl groups is 1. The Morgan fingerprint density at radius 3 is 2.56 bits per heavy atom. The number of nitrogens with one attached hydrogen (secondary N) is 1. The number of fused-ring (bicyclic) bond motifs is 1. The fourth-order valence-corrected chi connectivity index (χ4v) is 6.02. The molecule has 2 atom stereocenters. The average molecular weight is 492 g/mol. The van der Waals surface area contributed by atoms with Crippen molar-refractivity contribution in [3.8, 4) is 0 Å². The lowest BCUT2D eigenvalue weighted by Crippen LogP contribution is -2.64. The maximum Gasteiger partial charge on any atom is 0.251 e. The smallest absolute Gasteiger partial charge is 0.251 e. The summed E-state index contributed by atoms with van der Waals surface area (Å²) in [5.74, 6) is -0.140. The van der Waals surface area contributed by atoms with Gasteiger partial charge in [-0.2, -0.15) is 0 Å². The summed E-state index contributed by atoms with van der Waals surface area (Å²) in [5.41, 5.74) is 0.485. The van der Waals surface area contributed by atoms with Gasteiger partial charge >= 0.3 is 0 Å². The molecule has 186 valence electrons. The van der Waals surface area contributed by atoms with E-state index in [1.54, 1.807) is 22.5 Å². The van der Waals surface area contributed by atoms with Gasteiger partial charge in [0.2, 0.25) is 15.9 Å². The van der Waals surface area contributed by atoms with Crippen molar-refractivity contribution in [1.29, 1.82) is 0 Å². The first-order valence-corrected chi connectivity index (χ1v) is 13.4. The quantitative estimate of drug-likeness (QED) is 0.661. The van der Waals surface area contributed by atoms with E-state index in [0.717, 1.165) is 28.3 Å². The van der Waals surface area contributed by atoms with Gasteiger partial charge in [0.15, 0.2) is 0 Å². The topological polar surface area (TPSA) is 118 Å². The number of carbonyl (C=O) groups excluding carboxylic acids is 1. The van der Waals surface area contributed by atoms with E-state index in [1.807, 2.05) is 32.0 Å². The highest BCUT2D eigenvalue weighted by Gasteiger charge is 2.49. The molecule has 3 heterocycles. The van der Waals surface area contributed by atoms with E-state index in [1.165, 1.54) is 0 Å². The molecule has 34 heavy (non-hydrogen) atoms. The second kappa shape index (κ2) is 8.75. The molecule has 2 aromatic rings. The van der Waals surface area contributed by atoms with Gasteiger partial charge in [-0.25, -0.2) is 13.1 Å². The van der Waals surface area contributed by atoms with Gasteiger partial charge in [-0.15, -0.1) is 0 Å². The molecule has 0 unspecified atom stereocenters. The van der Waals surface area contributed by atoms with Crippen LogP contribution in [-0.2, 0) is 26.1 Å². The predicted octanol–water partition coefficient (Wildman–Crippen LogP) is 1.07. The zero-order chi connectivity index (χ0) is 24.9. The number of nitrogens with zero attached hydrogens (tertiary/aromatic N) is 2. The van der Waals surface area contributed by atoms with Crippen LogP contribution in [-0.4, -0.2) is 72.1 Å². The Morgan fingerprint density at radius 1 is 1.24 bits per heavy atom. The van der Waals surface area contributed by atoms with Crippen LogP contribution >= 0.6 is 0 Å². The van der Waals surface area contributed by atoms with Gasteiger partial charge in [-0.05, 0) is 51.2 Å². The number of aryl methyl sites for hydroxylation is 2. The molecule has 9 nitrogen and oxygen atoms in total. The number of carbonyl (C=O) groups is 1. The Bertz CT molecular complexity index is 1280. The molecule has 4 rings (SSSR count). The average Bonchev–Trinajstić information content (AvgIpc) is 2.74. The predicted molar refractivity (Wildman–Crippen MR) is 129 cm³/mol. The number of likely N-dealkylation sites (tertiary alicyclic amines) is 1. The summed E-state index contributed by atoms with van der Waals surface area (Å²) in [5, 5.41) is 11.6. The zero-order valence-corrected chi connectivity index (χ0v) is 20.9. The summed E-state index contributed by atoms with van der Waals surface area (Å²) in [4.78, 5) is 27.7. The summed E-state index contributed by atoms with van der Waals surface area (Å²) in [6.07, 6.45) is 2.46. The minimum absolute atomic E-state index is 0.0121. The maximum absolute atomic E-state index is 13.2. The fraction of sp³-hybridized carbons (Fsp3) is 0.583. The summed E-state index contributed by atoms with van der Waals surface area (Å²) >= 11 is 0. The Labute approximate surface area is 199 Å². The molecule has 10 heteroatoms. The second-order valence-corrected chi connectivity index (χ2v) is 11.9. The van der Waals surface area contributed by atoms with Crippen molar-refractivity contribution in [2.75, 3.05) is 26.0 Å². The zero-order valence-electron chi connectivity index (χ0n) is 20.1. The first kappa shape index (κ1) is 24.8. The Balaban J connectivity index is 1.49. The van der Waals surface area contributed by atoms with Gasteiger partial charge in [0.25, 0.3) is 5.56 Å². The number of amides is 1. The maximum atomic E-state index is 13.2. The minimum Gasteiger partial charge on any atom is -0.386 e. The molecule has 0 saturated carbocycles. The third kappa shape index (κ3) is 4.91. The van der Waals surface area contributed by atoms with Gasteiger partial charge in [0, 0.05) is 24.5 Å². The number of benzene rings is 1. The SMILES string of the molecule is Cc1cc(=O)n(CC(=O)N2CCC3(CC2)C[C@H](NS(C)(=O)=O)[C@@](C)(O)CO3)c2c(C)cccc12. The Hall–Kier alpha value is -2.27. The molecule has 2 aliphatic heterocycles. The molecular weight excluding hydrogens is 458 g/mol. The van der Waals surface area contributed by atoms with E-state index in [9.17, 15) is 23.1 Å². The largest absolute Gasteiger partial charge is 0.386 e. The molecule has 1 aromatic heterocycles. The standard InChI is InChI=1S/C24H33N3O6S/c1-16-6-5-7-18-17(2)12-20(28)27(22(16)18)14-21(29)26-10-8-24(9-11-26)13-19(25-34(4,31)32)23(3,30)15-33-24/h5-7,12,19,25,30H,8-11,13-15H2,1-4H3/t19-,23-/m0/s1. The van der Waals surface area contributed by atoms with Gasteiger partial charge in [0.1, 0.15) is 12.1 Å². The van der Waals surface area contributed by atoms with Crippen LogP contribution in [0.1, 0.15) is 37.3 Å². The van der Waals surface area contributed by atoms with Crippen LogP contribution in [0.4, 0.5) is 0 Å². The van der Waals surface area contributed by atoms with E-state index < -0.39 is 27.3 Å². The van der Waals surface area contributed by atoms with Crippen molar-refractivity contribution in [3.63, 3.8) is 0 Å². The number of ether oxygens (including phenoxy) is 1. The van der Waals surface area contributed by atoms with E-state index in [0.29, 0.717) is 32.4 Å². The number of hydrogen-bond acceptors (Lipinski definition) is 6. The van der Waals surface area contributed by atoms with Crippen LogP contribution < -0.4 is 10.3 Å². The molecule has 1 spiro atoms. The van der Waals surface area contributed by atoms with Crippen LogP contribution in [0.2, 0.25) is 0 Å². The van der Waals surface area contributed by atoms with Crippen molar-refractivity contribution in [2.45, 2.75) is 63.8 Å². The number of para-hydroxylation sites is 1. The third-order valence-corrected chi connectivity index (χ3v) is 7.93.